The lowest BCUT2D eigenvalue weighted by Crippen LogP contribution is -2.48. The summed E-state index contributed by atoms with van der Waals surface area (Å²) in [6.45, 7) is 10.7. The summed E-state index contributed by atoms with van der Waals surface area (Å²) in [7, 11) is 0. The first-order valence-corrected chi connectivity index (χ1v) is 8.75. The molecule has 2 aliphatic carbocycles. The molecule has 2 aliphatic rings. The van der Waals surface area contributed by atoms with Gasteiger partial charge in [0.2, 0.25) is 0 Å². The monoisotopic (exact) mass is 265 g/mol. The first-order chi connectivity index (χ1) is 9.02. The molecule has 0 aromatic rings. The minimum atomic E-state index is 0.404. The molecule has 0 aromatic heterocycles. The van der Waals surface area contributed by atoms with Crippen molar-refractivity contribution in [2.75, 3.05) is 6.54 Å². The highest BCUT2D eigenvalue weighted by Gasteiger charge is 2.38. The molecule has 1 N–H and O–H groups in total. The molecule has 19 heavy (non-hydrogen) atoms. The second-order valence-corrected chi connectivity index (χ2v) is 8.18. The Morgan fingerprint density at radius 3 is 2.32 bits per heavy atom. The maximum Gasteiger partial charge on any atom is 0.0144 e. The minimum Gasteiger partial charge on any atom is -0.313 e. The van der Waals surface area contributed by atoms with Crippen LogP contribution in [0.1, 0.15) is 79.1 Å². The van der Waals surface area contributed by atoms with Crippen molar-refractivity contribution in [1.82, 2.24) is 5.32 Å². The van der Waals surface area contributed by atoms with Gasteiger partial charge in [0.1, 0.15) is 0 Å². The lowest BCUT2D eigenvalue weighted by Gasteiger charge is -2.46. The summed E-state index contributed by atoms with van der Waals surface area (Å²) in [5, 5.41) is 3.87. The zero-order valence-electron chi connectivity index (χ0n) is 13.7. The summed E-state index contributed by atoms with van der Waals surface area (Å²) in [5.41, 5.74) is 0.404. The fourth-order valence-corrected chi connectivity index (χ4v) is 4.69. The van der Waals surface area contributed by atoms with Gasteiger partial charge in [0.25, 0.3) is 0 Å². The van der Waals surface area contributed by atoms with Gasteiger partial charge in [-0.25, -0.2) is 0 Å². The number of nitrogens with one attached hydrogen (secondary N) is 1. The van der Waals surface area contributed by atoms with Gasteiger partial charge in [0, 0.05) is 6.04 Å². The molecule has 0 spiro atoms. The predicted octanol–water partition coefficient (Wildman–Crippen LogP) is 5.01. The van der Waals surface area contributed by atoms with Crippen LogP contribution in [0.5, 0.6) is 0 Å². The van der Waals surface area contributed by atoms with Gasteiger partial charge in [0.05, 0.1) is 0 Å². The Labute approximate surface area is 120 Å². The molecule has 0 radical (unpaired) electrons. The number of hydrogen-bond acceptors (Lipinski definition) is 1. The molecular weight excluding hydrogens is 230 g/mol. The predicted molar refractivity (Wildman–Crippen MR) is 84.3 cm³/mol. The number of rotatable bonds is 4. The normalized spacial score (nSPS) is 33.8. The average molecular weight is 265 g/mol. The summed E-state index contributed by atoms with van der Waals surface area (Å²) in [6, 6.07) is 0.718. The molecular formula is C18H35N. The van der Waals surface area contributed by atoms with E-state index < -0.39 is 0 Å². The van der Waals surface area contributed by atoms with Gasteiger partial charge >= 0.3 is 0 Å². The highest BCUT2D eigenvalue weighted by molar-refractivity contribution is 4.92. The average Bonchev–Trinajstić information content (AvgIpc) is 2.37. The van der Waals surface area contributed by atoms with Crippen LogP contribution in [0.3, 0.4) is 0 Å². The molecule has 0 aromatic carbocycles. The molecule has 4 unspecified atom stereocenters. The third-order valence-corrected chi connectivity index (χ3v) is 5.60. The summed E-state index contributed by atoms with van der Waals surface area (Å²) in [5.74, 6) is 3.06. The van der Waals surface area contributed by atoms with E-state index in [-0.39, 0.29) is 0 Å². The molecule has 112 valence electrons. The first kappa shape index (κ1) is 15.4. The standard InChI is InChI=1S/C18H35N/c1-5-12-19-17(18(2,3)4)16-11-10-14-8-6-7-9-15(14)13-16/h14-17,19H,5-13H2,1-4H3. The third kappa shape index (κ3) is 3.97. The molecule has 4 atom stereocenters. The minimum absolute atomic E-state index is 0.404. The van der Waals surface area contributed by atoms with Crippen LogP contribution < -0.4 is 5.32 Å². The number of hydrogen-bond donors (Lipinski definition) is 1. The molecule has 0 amide bonds. The van der Waals surface area contributed by atoms with Gasteiger partial charge in [-0.05, 0) is 55.4 Å². The Balaban J connectivity index is 1.97. The van der Waals surface area contributed by atoms with Crippen LogP contribution in [0.25, 0.3) is 0 Å². The zero-order chi connectivity index (χ0) is 13.9. The van der Waals surface area contributed by atoms with Crippen molar-refractivity contribution in [1.29, 1.82) is 0 Å². The van der Waals surface area contributed by atoms with E-state index in [0.717, 1.165) is 23.8 Å². The van der Waals surface area contributed by atoms with E-state index in [1.54, 1.807) is 0 Å². The molecule has 1 heteroatoms. The molecule has 1 nitrogen and oxygen atoms in total. The van der Waals surface area contributed by atoms with Crippen molar-refractivity contribution in [2.45, 2.75) is 85.1 Å². The van der Waals surface area contributed by atoms with Gasteiger partial charge in [-0.2, -0.15) is 0 Å². The first-order valence-electron chi connectivity index (χ1n) is 8.75. The van der Waals surface area contributed by atoms with Gasteiger partial charge in [-0.1, -0.05) is 53.4 Å². The fourth-order valence-electron chi connectivity index (χ4n) is 4.69. The zero-order valence-corrected chi connectivity index (χ0v) is 13.7. The van der Waals surface area contributed by atoms with Crippen molar-refractivity contribution in [3.05, 3.63) is 0 Å². The van der Waals surface area contributed by atoms with Crippen LogP contribution in [0.4, 0.5) is 0 Å². The molecule has 2 saturated carbocycles. The van der Waals surface area contributed by atoms with Crippen molar-refractivity contribution >= 4 is 0 Å². The Kier molecular flexibility index (Phi) is 5.34. The van der Waals surface area contributed by atoms with Crippen LogP contribution in [-0.4, -0.2) is 12.6 Å². The maximum atomic E-state index is 3.87. The smallest absolute Gasteiger partial charge is 0.0144 e. The Morgan fingerprint density at radius 2 is 1.68 bits per heavy atom. The van der Waals surface area contributed by atoms with Gasteiger partial charge in [-0.3, -0.25) is 0 Å². The van der Waals surface area contributed by atoms with Crippen molar-refractivity contribution < 1.29 is 0 Å². The maximum absolute atomic E-state index is 3.87. The van der Waals surface area contributed by atoms with Gasteiger partial charge < -0.3 is 5.32 Å². The largest absolute Gasteiger partial charge is 0.313 e. The Morgan fingerprint density at radius 1 is 1.00 bits per heavy atom. The van der Waals surface area contributed by atoms with E-state index in [9.17, 15) is 0 Å². The van der Waals surface area contributed by atoms with E-state index in [4.69, 9.17) is 0 Å². The quantitative estimate of drug-likeness (QED) is 0.753. The summed E-state index contributed by atoms with van der Waals surface area (Å²) < 4.78 is 0. The van der Waals surface area contributed by atoms with E-state index in [1.807, 2.05) is 0 Å². The van der Waals surface area contributed by atoms with Crippen LogP contribution in [-0.2, 0) is 0 Å². The van der Waals surface area contributed by atoms with E-state index in [2.05, 4.69) is 33.0 Å². The van der Waals surface area contributed by atoms with Crippen molar-refractivity contribution in [2.24, 2.45) is 23.2 Å². The second kappa shape index (κ2) is 6.61. The summed E-state index contributed by atoms with van der Waals surface area (Å²) >= 11 is 0. The highest BCUT2D eigenvalue weighted by atomic mass is 14.9. The molecule has 0 saturated heterocycles. The van der Waals surface area contributed by atoms with Crippen molar-refractivity contribution in [3.8, 4) is 0 Å². The summed E-state index contributed by atoms with van der Waals surface area (Å²) in [6.07, 6.45) is 11.8. The van der Waals surface area contributed by atoms with E-state index >= 15 is 0 Å². The highest BCUT2D eigenvalue weighted by Crippen LogP contribution is 2.45. The molecule has 0 bridgehead atoms. The Bertz CT molecular complexity index is 265. The molecule has 2 rings (SSSR count). The topological polar surface area (TPSA) is 12.0 Å². The number of fused-ring (bicyclic) bond motifs is 1. The molecule has 0 aliphatic heterocycles. The van der Waals surface area contributed by atoms with Gasteiger partial charge in [-0.15, -0.1) is 0 Å². The van der Waals surface area contributed by atoms with Crippen molar-refractivity contribution in [3.63, 3.8) is 0 Å². The van der Waals surface area contributed by atoms with E-state index in [1.165, 1.54) is 57.9 Å². The van der Waals surface area contributed by atoms with Crippen LogP contribution in [0, 0.1) is 23.2 Å². The van der Waals surface area contributed by atoms with Gasteiger partial charge in [0.15, 0.2) is 0 Å². The third-order valence-electron chi connectivity index (χ3n) is 5.60. The Hall–Kier alpha value is -0.0400. The lowest BCUT2D eigenvalue weighted by molar-refractivity contribution is 0.0761. The SMILES string of the molecule is CCCNC(C1CCC2CCCCC2C1)C(C)(C)C. The second-order valence-electron chi connectivity index (χ2n) is 8.18. The van der Waals surface area contributed by atoms with Crippen LogP contribution in [0.15, 0.2) is 0 Å². The van der Waals surface area contributed by atoms with Crippen LogP contribution in [0.2, 0.25) is 0 Å². The molecule has 2 fully saturated rings. The van der Waals surface area contributed by atoms with Crippen LogP contribution >= 0.6 is 0 Å². The molecule has 0 heterocycles. The fraction of sp³-hybridized carbons (Fsp3) is 1.00. The van der Waals surface area contributed by atoms with E-state index in [0.29, 0.717) is 5.41 Å². The lowest BCUT2D eigenvalue weighted by atomic mass is 9.63. The summed E-state index contributed by atoms with van der Waals surface area (Å²) in [4.78, 5) is 0.